The number of fused-ring (bicyclic) bond motifs is 1. The summed E-state index contributed by atoms with van der Waals surface area (Å²) in [5.74, 6) is 1.42. The van der Waals surface area contributed by atoms with Gasteiger partial charge in [0.05, 0.1) is 17.9 Å². The number of hydrogen-bond donors (Lipinski definition) is 1. The molecule has 8 heteroatoms. The minimum Gasteiger partial charge on any atom is -0.369 e. The molecule has 3 aromatic heterocycles. The van der Waals surface area contributed by atoms with Gasteiger partial charge in [-0.1, -0.05) is 6.07 Å². The van der Waals surface area contributed by atoms with Gasteiger partial charge < -0.3 is 10.2 Å². The minimum absolute atomic E-state index is 0.0563. The number of anilines is 1. The molecule has 1 aliphatic heterocycles. The highest BCUT2D eigenvalue weighted by molar-refractivity contribution is 5.74. The van der Waals surface area contributed by atoms with Crippen molar-refractivity contribution >= 4 is 11.7 Å². The maximum Gasteiger partial charge on any atom is 0.219 e. The Morgan fingerprint density at radius 2 is 2.11 bits per heavy atom. The van der Waals surface area contributed by atoms with Crippen LogP contribution in [-0.2, 0) is 24.2 Å². The number of nitrogens with one attached hydrogen (secondary N) is 1. The van der Waals surface area contributed by atoms with Gasteiger partial charge in [0.15, 0.2) is 5.82 Å². The molecule has 1 N–H and O–H groups in total. The lowest BCUT2D eigenvalue weighted by Gasteiger charge is -2.28. The number of amides is 1. The first-order valence-electron chi connectivity index (χ1n) is 9.26. The third kappa shape index (κ3) is 3.95. The monoisotopic (exact) mass is 375 g/mol. The van der Waals surface area contributed by atoms with Gasteiger partial charge in [0, 0.05) is 56.8 Å². The van der Waals surface area contributed by atoms with Gasteiger partial charge in [-0.05, 0) is 18.6 Å². The third-order valence-corrected chi connectivity index (χ3v) is 4.69. The molecule has 0 saturated heterocycles. The van der Waals surface area contributed by atoms with Gasteiger partial charge in [0.25, 0.3) is 0 Å². The Morgan fingerprint density at radius 3 is 2.86 bits per heavy atom. The Bertz CT molecular complexity index is 963. The lowest BCUT2D eigenvalue weighted by molar-refractivity contribution is -0.129. The maximum atomic E-state index is 11.8. The Labute approximate surface area is 163 Å². The molecule has 4 heterocycles. The van der Waals surface area contributed by atoms with Crippen LogP contribution in [0.5, 0.6) is 0 Å². The van der Waals surface area contributed by atoms with E-state index in [1.54, 1.807) is 36.6 Å². The quantitative estimate of drug-likeness (QED) is 0.727. The van der Waals surface area contributed by atoms with Crippen LogP contribution in [0.25, 0.3) is 11.5 Å². The van der Waals surface area contributed by atoms with Gasteiger partial charge in [-0.25, -0.2) is 9.97 Å². The van der Waals surface area contributed by atoms with Gasteiger partial charge in [0.2, 0.25) is 5.91 Å². The molecule has 28 heavy (non-hydrogen) atoms. The fourth-order valence-corrected chi connectivity index (χ4v) is 3.22. The molecule has 0 spiro atoms. The number of pyridine rings is 1. The Kier molecular flexibility index (Phi) is 5.18. The lowest BCUT2D eigenvalue weighted by atomic mass is 10.0. The number of hydrogen-bond acceptors (Lipinski definition) is 7. The van der Waals surface area contributed by atoms with Crippen LogP contribution in [0.2, 0.25) is 0 Å². The van der Waals surface area contributed by atoms with Crippen molar-refractivity contribution in [2.24, 2.45) is 0 Å². The summed E-state index contributed by atoms with van der Waals surface area (Å²) in [4.78, 5) is 35.8. The van der Waals surface area contributed by atoms with Gasteiger partial charge >= 0.3 is 0 Å². The summed E-state index contributed by atoms with van der Waals surface area (Å²) in [5.41, 5.74) is 3.57. The third-order valence-electron chi connectivity index (χ3n) is 4.69. The van der Waals surface area contributed by atoms with Crippen LogP contribution in [-0.4, -0.2) is 48.8 Å². The van der Waals surface area contributed by atoms with Gasteiger partial charge in [-0.15, -0.1) is 0 Å². The first-order valence-corrected chi connectivity index (χ1v) is 9.26. The molecule has 0 unspecified atom stereocenters. The summed E-state index contributed by atoms with van der Waals surface area (Å²) in [6.07, 6.45) is 8.31. The normalized spacial score (nSPS) is 13.1. The predicted octanol–water partition coefficient (Wildman–Crippen LogP) is 1.89. The highest BCUT2D eigenvalue weighted by atomic mass is 16.2. The molecule has 0 atom stereocenters. The maximum absolute atomic E-state index is 11.8. The summed E-state index contributed by atoms with van der Waals surface area (Å²) in [6, 6.07) is 5.66. The standard InChI is InChI=1S/C20H21N7O/c1-14(28)27-11-6-16-18(13-27)25-20(17-4-2-3-7-23-17)26-19(16)24-8-5-15-12-21-9-10-22-15/h2-4,7,9-10,12H,5-6,8,11,13H2,1H3,(H,24,25,26). The second-order valence-corrected chi connectivity index (χ2v) is 6.60. The molecule has 3 aromatic rings. The fraction of sp³-hybridized carbons (Fsp3) is 0.300. The summed E-state index contributed by atoms with van der Waals surface area (Å²) in [6.45, 7) is 3.44. The highest BCUT2D eigenvalue weighted by Gasteiger charge is 2.24. The zero-order valence-corrected chi connectivity index (χ0v) is 15.7. The molecule has 1 aliphatic rings. The SMILES string of the molecule is CC(=O)N1CCc2c(nc(-c3ccccn3)nc2NCCc2cnccn2)C1. The number of aromatic nitrogens is 5. The van der Waals surface area contributed by atoms with Crippen molar-refractivity contribution in [2.45, 2.75) is 26.3 Å². The van der Waals surface area contributed by atoms with E-state index in [2.05, 4.69) is 20.3 Å². The van der Waals surface area contributed by atoms with Crippen molar-refractivity contribution < 1.29 is 4.79 Å². The van der Waals surface area contributed by atoms with E-state index < -0.39 is 0 Å². The number of rotatable bonds is 5. The Hall–Kier alpha value is -3.42. The van der Waals surface area contributed by atoms with Crippen LogP contribution in [0.3, 0.4) is 0 Å². The van der Waals surface area contributed by atoms with Crippen molar-refractivity contribution in [1.82, 2.24) is 29.8 Å². The van der Waals surface area contributed by atoms with Crippen LogP contribution >= 0.6 is 0 Å². The minimum atomic E-state index is 0.0563. The molecule has 0 fully saturated rings. The molecule has 0 aliphatic carbocycles. The first kappa shape index (κ1) is 18.0. The molecule has 1 amide bonds. The molecule has 4 rings (SSSR count). The Balaban J connectivity index is 1.62. The summed E-state index contributed by atoms with van der Waals surface area (Å²) in [7, 11) is 0. The molecular formula is C20H21N7O. The Morgan fingerprint density at radius 1 is 1.18 bits per heavy atom. The molecule has 142 valence electrons. The number of nitrogens with zero attached hydrogens (tertiary/aromatic N) is 6. The van der Waals surface area contributed by atoms with Crippen molar-refractivity contribution in [3.05, 3.63) is 59.9 Å². The molecule has 0 saturated carbocycles. The molecule has 0 aromatic carbocycles. The van der Waals surface area contributed by atoms with Crippen LogP contribution < -0.4 is 5.32 Å². The number of carbonyl (C=O) groups is 1. The topological polar surface area (TPSA) is 96.8 Å². The van der Waals surface area contributed by atoms with Gasteiger partial charge in [0.1, 0.15) is 11.5 Å². The van der Waals surface area contributed by atoms with E-state index >= 15 is 0 Å². The average Bonchev–Trinajstić information content (AvgIpc) is 2.74. The van der Waals surface area contributed by atoms with E-state index in [0.29, 0.717) is 31.2 Å². The van der Waals surface area contributed by atoms with E-state index in [-0.39, 0.29) is 5.91 Å². The fourth-order valence-electron chi connectivity index (χ4n) is 3.22. The zero-order chi connectivity index (χ0) is 19.3. The van der Waals surface area contributed by atoms with Crippen LogP contribution in [0.15, 0.2) is 43.0 Å². The zero-order valence-electron chi connectivity index (χ0n) is 15.7. The predicted molar refractivity (Wildman–Crippen MR) is 104 cm³/mol. The van der Waals surface area contributed by atoms with E-state index in [0.717, 1.165) is 35.6 Å². The van der Waals surface area contributed by atoms with Gasteiger partial charge in [-0.2, -0.15) is 0 Å². The van der Waals surface area contributed by atoms with E-state index in [4.69, 9.17) is 9.97 Å². The van der Waals surface area contributed by atoms with Crippen molar-refractivity contribution in [1.29, 1.82) is 0 Å². The molecule has 8 nitrogen and oxygen atoms in total. The summed E-state index contributed by atoms with van der Waals surface area (Å²) >= 11 is 0. The average molecular weight is 375 g/mol. The van der Waals surface area contributed by atoms with E-state index in [1.165, 1.54) is 0 Å². The lowest BCUT2D eigenvalue weighted by Crippen LogP contribution is -2.35. The molecule has 0 bridgehead atoms. The molecule has 0 radical (unpaired) electrons. The van der Waals surface area contributed by atoms with Crippen LogP contribution in [0, 0.1) is 0 Å². The summed E-state index contributed by atoms with van der Waals surface area (Å²) in [5, 5.41) is 3.43. The van der Waals surface area contributed by atoms with E-state index in [9.17, 15) is 4.79 Å². The number of carbonyl (C=O) groups excluding carboxylic acids is 1. The summed E-state index contributed by atoms with van der Waals surface area (Å²) < 4.78 is 0. The van der Waals surface area contributed by atoms with Crippen molar-refractivity contribution in [3.63, 3.8) is 0 Å². The van der Waals surface area contributed by atoms with Crippen molar-refractivity contribution in [3.8, 4) is 11.5 Å². The van der Waals surface area contributed by atoms with Crippen molar-refractivity contribution in [2.75, 3.05) is 18.4 Å². The second-order valence-electron chi connectivity index (χ2n) is 6.60. The molecular weight excluding hydrogens is 354 g/mol. The highest BCUT2D eigenvalue weighted by Crippen LogP contribution is 2.26. The largest absolute Gasteiger partial charge is 0.369 e. The van der Waals surface area contributed by atoms with Crippen LogP contribution in [0.1, 0.15) is 23.9 Å². The van der Waals surface area contributed by atoms with Crippen LogP contribution in [0.4, 0.5) is 5.82 Å². The van der Waals surface area contributed by atoms with E-state index in [1.807, 2.05) is 18.2 Å². The smallest absolute Gasteiger partial charge is 0.219 e. The second kappa shape index (κ2) is 8.08. The van der Waals surface area contributed by atoms with Gasteiger partial charge in [-0.3, -0.25) is 19.7 Å². The first-order chi connectivity index (χ1) is 13.7.